The Morgan fingerprint density at radius 3 is 2.94 bits per heavy atom. The van der Waals surface area contributed by atoms with Crippen LogP contribution in [0, 0.1) is 0 Å². The first-order valence-corrected chi connectivity index (χ1v) is 6.86. The normalized spacial score (nSPS) is 10.5. The molecule has 2 aromatic rings. The van der Waals surface area contributed by atoms with Crippen LogP contribution in [-0.2, 0) is 13.0 Å². The molecule has 2 rings (SSSR count). The highest BCUT2D eigenvalue weighted by molar-refractivity contribution is 7.09. The Bertz CT molecular complexity index is 484. The van der Waals surface area contributed by atoms with Crippen LogP contribution in [0.3, 0.4) is 0 Å². The van der Waals surface area contributed by atoms with E-state index in [2.05, 4.69) is 11.9 Å². The summed E-state index contributed by atoms with van der Waals surface area (Å²) in [5.41, 5.74) is 0.971. The molecule has 4 heteroatoms. The van der Waals surface area contributed by atoms with Crippen LogP contribution in [-0.4, -0.2) is 4.98 Å². The Morgan fingerprint density at radius 2 is 2.18 bits per heavy atom. The summed E-state index contributed by atoms with van der Waals surface area (Å²) in [6.07, 6.45) is 2.16. The molecule has 0 atom stereocenters. The number of halogens is 1. The highest BCUT2D eigenvalue weighted by Gasteiger charge is 2.04. The summed E-state index contributed by atoms with van der Waals surface area (Å²) in [4.78, 5) is 4.50. The van der Waals surface area contributed by atoms with E-state index in [1.165, 1.54) is 5.01 Å². The number of benzene rings is 1. The van der Waals surface area contributed by atoms with Gasteiger partial charge in [-0.25, -0.2) is 4.98 Å². The molecule has 0 aliphatic rings. The average Bonchev–Trinajstić information content (AvgIpc) is 2.76. The van der Waals surface area contributed by atoms with Gasteiger partial charge in [0.25, 0.3) is 0 Å². The summed E-state index contributed by atoms with van der Waals surface area (Å²) < 4.78 is 5.63. The summed E-state index contributed by atoms with van der Waals surface area (Å²) in [5, 5.41) is 3.85. The third-order valence-electron chi connectivity index (χ3n) is 2.28. The summed E-state index contributed by atoms with van der Waals surface area (Å²) in [6.45, 7) is 2.63. The maximum absolute atomic E-state index is 6.00. The number of hydrogen-bond acceptors (Lipinski definition) is 3. The molecule has 0 unspecified atom stereocenters. The zero-order chi connectivity index (χ0) is 12.1. The molecule has 0 N–H and O–H groups in total. The molecule has 90 valence electrons. The van der Waals surface area contributed by atoms with E-state index in [-0.39, 0.29) is 0 Å². The van der Waals surface area contributed by atoms with Crippen molar-refractivity contribution >= 4 is 22.9 Å². The number of para-hydroxylation sites is 1. The molecule has 0 amide bonds. The molecule has 0 radical (unpaired) electrons. The monoisotopic (exact) mass is 267 g/mol. The van der Waals surface area contributed by atoms with E-state index in [0.717, 1.165) is 18.5 Å². The minimum atomic E-state index is 0.476. The van der Waals surface area contributed by atoms with Crippen LogP contribution in [0.15, 0.2) is 29.6 Å². The van der Waals surface area contributed by atoms with E-state index < -0.39 is 0 Å². The van der Waals surface area contributed by atoms with E-state index in [1.54, 1.807) is 11.3 Å². The second kappa shape index (κ2) is 6.03. The number of nitrogens with zero attached hydrogens (tertiary/aromatic N) is 1. The molecule has 17 heavy (non-hydrogen) atoms. The third kappa shape index (κ3) is 3.45. The molecule has 0 saturated heterocycles. The van der Waals surface area contributed by atoms with E-state index >= 15 is 0 Å². The molecule has 1 aromatic heterocycles. The molecule has 1 heterocycles. The Balaban J connectivity index is 1.95. The molecule has 0 bridgehead atoms. The van der Waals surface area contributed by atoms with E-state index in [0.29, 0.717) is 17.4 Å². The van der Waals surface area contributed by atoms with E-state index in [4.69, 9.17) is 16.3 Å². The number of ether oxygens (including phenoxy) is 1. The van der Waals surface area contributed by atoms with Gasteiger partial charge in [-0.1, -0.05) is 30.7 Å². The van der Waals surface area contributed by atoms with Crippen LogP contribution in [0.25, 0.3) is 0 Å². The van der Waals surface area contributed by atoms with Crippen molar-refractivity contribution in [3.05, 3.63) is 45.4 Å². The van der Waals surface area contributed by atoms with Crippen LogP contribution in [0.1, 0.15) is 24.0 Å². The van der Waals surface area contributed by atoms with Gasteiger partial charge in [-0.15, -0.1) is 11.3 Å². The van der Waals surface area contributed by atoms with Gasteiger partial charge in [-0.3, -0.25) is 0 Å². The lowest BCUT2D eigenvalue weighted by Gasteiger charge is -2.05. The summed E-state index contributed by atoms with van der Waals surface area (Å²) in [5.74, 6) is 0.708. The average molecular weight is 268 g/mol. The quantitative estimate of drug-likeness (QED) is 0.805. The zero-order valence-corrected chi connectivity index (χ0v) is 11.2. The molecule has 1 aromatic carbocycles. The first-order chi connectivity index (χ1) is 8.29. The number of thiazole rings is 1. The van der Waals surface area contributed by atoms with Gasteiger partial charge in [0.05, 0.1) is 15.7 Å². The van der Waals surface area contributed by atoms with Gasteiger partial charge in [0, 0.05) is 5.38 Å². The largest absolute Gasteiger partial charge is 0.486 e. The van der Waals surface area contributed by atoms with E-state index in [9.17, 15) is 0 Å². The SMILES string of the molecule is CCCc1nc(COc2ccccc2Cl)cs1. The Morgan fingerprint density at radius 1 is 1.35 bits per heavy atom. The van der Waals surface area contributed by atoms with Crippen molar-refractivity contribution in [2.75, 3.05) is 0 Å². The Labute approximate surface area is 110 Å². The minimum absolute atomic E-state index is 0.476. The topological polar surface area (TPSA) is 22.1 Å². The van der Waals surface area contributed by atoms with Crippen LogP contribution in [0.4, 0.5) is 0 Å². The molecular formula is C13H14ClNOS. The van der Waals surface area contributed by atoms with Gasteiger partial charge in [-0.2, -0.15) is 0 Å². The second-order valence-corrected chi connectivity index (χ2v) is 5.05. The van der Waals surface area contributed by atoms with Crippen molar-refractivity contribution < 1.29 is 4.74 Å². The fourth-order valence-electron chi connectivity index (χ4n) is 1.46. The van der Waals surface area contributed by atoms with Gasteiger partial charge < -0.3 is 4.74 Å². The Hall–Kier alpha value is -1.06. The minimum Gasteiger partial charge on any atom is -0.486 e. The number of aromatic nitrogens is 1. The van der Waals surface area contributed by atoms with Gasteiger partial charge in [0.2, 0.25) is 0 Å². The fraction of sp³-hybridized carbons (Fsp3) is 0.308. The highest BCUT2D eigenvalue weighted by atomic mass is 35.5. The maximum Gasteiger partial charge on any atom is 0.138 e. The molecule has 0 aliphatic carbocycles. The number of hydrogen-bond donors (Lipinski definition) is 0. The molecule has 2 nitrogen and oxygen atoms in total. The van der Waals surface area contributed by atoms with Crippen LogP contribution in [0.2, 0.25) is 5.02 Å². The summed E-state index contributed by atoms with van der Waals surface area (Å²) in [7, 11) is 0. The molecular weight excluding hydrogens is 254 g/mol. The van der Waals surface area contributed by atoms with E-state index in [1.807, 2.05) is 29.6 Å². The molecule has 0 spiro atoms. The standard InChI is InChI=1S/C13H14ClNOS/c1-2-5-13-15-10(9-17-13)8-16-12-7-4-3-6-11(12)14/h3-4,6-7,9H,2,5,8H2,1H3. The third-order valence-corrected chi connectivity index (χ3v) is 3.55. The smallest absolute Gasteiger partial charge is 0.138 e. The second-order valence-electron chi connectivity index (χ2n) is 3.70. The first-order valence-electron chi connectivity index (χ1n) is 5.60. The highest BCUT2D eigenvalue weighted by Crippen LogP contribution is 2.24. The van der Waals surface area contributed by atoms with Gasteiger partial charge in [0.1, 0.15) is 12.4 Å². The van der Waals surface area contributed by atoms with Gasteiger partial charge in [0.15, 0.2) is 0 Å². The van der Waals surface area contributed by atoms with Gasteiger partial charge in [-0.05, 0) is 25.0 Å². The summed E-state index contributed by atoms with van der Waals surface area (Å²) in [6, 6.07) is 7.48. The van der Waals surface area contributed by atoms with Crippen LogP contribution < -0.4 is 4.74 Å². The van der Waals surface area contributed by atoms with Crippen molar-refractivity contribution in [1.82, 2.24) is 4.98 Å². The molecule has 0 saturated carbocycles. The Kier molecular flexibility index (Phi) is 4.40. The van der Waals surface area contributed by atoms with Gasteiger partial charge >= 0.3 is 0 Å². The lowest BCUT2D eigenvalue weighted by molar-refractivity contribution is 0.302. The lowest BCUT2D eigenvalue weighted by atomic mass is 10.3. The van der Waals surface area contributed by atoms with Crippen molar-refractivity contribution in [2.24, 2.45) is 0 Å². The van der Waals surface area contributed by atoms with Crippen molar-refractivity contribution in [2.45, 2.75) is 26.4 Å². The summed E-state index contributed by atoms with van der Waals surface area (Å²) >= 11 is 7.69. The predicted molar refractivity (Wildman–Crippen MR) is 71.9 cm³/mol. The first kappa shape index (κ1) is 12.4. The van der Waals surface area contributed by atoms with Crippen molar-refractivity contribution in [3.8, 4) is 5.75 Å². The van der Waals surface area contributed by atoms with Crippen LogP contribution >= 0.6 is 22.9 Å². The predicted octanol–water partition coefficient (Wildman–Crippen LogP) is 4.33. The number of aryl methyl sites for hydroxylation is 1. The molecule has 0 aliphatic heterocycles. The van der Waals surface area contributed by atoms with Crippen molar-refractivity contribution in [1.29, 1.82) is 0 Å². The maximum atomic E-state index is 6.00. The lowest BCUT2D eigenvalue weighted by Crippen LogP contribution is -1.96. The van der Waals surface area contributed by atoms with Crippen LogP contribution in [0.5, 0.6) is 5.75 Å². The molecule has 0 fully saturated rings. The zero-order valence-electron chi connectivity index (χ0n) is 9.65. The van der Waals surface area contributed by atoms with Crippen molar-refractivity contribution in [3.63, 3.8) is 0 Å². The fourth-order valence-corrected chi connectivity index (χ4v) is 2.53. The number of rotatable bonds is 5.